The molecule has 0 bridgehead atoms. The number of anilines is 1. The summed E-state index contributed by atoms with van der Waals surface area (Å²) in [6, 6.07) is 16.0. The Balaban J connectivity index is 0.00000272. The van der Waals surface area contributed by atoms with Crippen molar-refractivity contribution in [3.63, 3.8) is 0 Å². The Hall–Kier alpha value is -3.45. The summed E-state index contributed by atoms with van der Waals surface area (Å²) in [5, 5.41) is 11.9. The highest BCUT2D eigenvalue weighted by Crippen LogP contribution is 2.29. The van der Waals surface area contributed by atoms with Crippen LogP contribution in [0.1, 0.15) is 24.2 Å². The summed E-state index contributed by atoms with van der Waals surface area (Å²) in [5.41, 5.74) is 4.45. The van der Waals surface area contributed by atoms with Crippen LogP contribution in [-0.4, -0.2) is 26.9 Å². The molecule has 4 rings (SSSR count). The third kappa shape index (κ3) is 5.00. The topological polar surface area (TPSA) is 64.9 Å². The molecule has 0 radical (unpaired) electrons. The number of ether oxygens (including phenoxy) is 1. The third-order valence-corrected chi connectivity index (χ3v) is 4.86. The zero-order chi connectivity index (χ0) is 21.1. The highest BCUT2D eigenvalue weighted by atomic mass is 35.5. The van der Waals surface area contributed by atoms with E-state index in [0.717, 1.165) is 34.0 Å². The first-order valence-electron chi connectivity index (χ1n) is 9.58. The van der Waals surface area contributed by atoms with Crippen LogP contribution in [0.15, 0.2) is 67.1 Å². The number of hydrogen-bond donors (Lipinski definition) is 1. The van der Waals surface area contributed by atoms with Gasteiger partial charge < -0.3 is 14.6 Å². The lowest BCUT2D eigenvalue weighted by Crippen LogP contribution is -2.08. The smallest absolute Gasteiger partial charge is 0.149 e. The summed E-state index contributed by atoms with van der Waals surface area (Å²) in [5.74, 6) is 1.12. The van der Waals surface area contributed by atoms with Crippen molar-refractivity contribution in [1.82, 2.24) is 19.7 Å². The van der Waals surface area contributed by atoms with Crippen LogP contribution in [0.25, 0.3) is 16.9 Å². The normalized spacial score (nSPS) is 11.5. The largest absolute Gasteiger partial charge is 0.495 e. The van der Waals surface area contributed by atoms with E-state index in [4.69, 9.17) is 4.74 Å². The maximum Gasteiger partial charge on any atom is 0.149 e. The van der Waals surface area contributed by atoms with Crippen LogP contribution in [-0.2, 0) is 0 Å². The fourth-order valence-corrected chi connectivity index (χ4v) is 3.22. The van der Waals surface area contributed by atoms with Crippen LogP contribution in [0.4, 0.5) is 10.2 Å². The van der Waals surface area contributed by atoms with Gasteiger partial charge in [0.15, 0.2) is 0 Å². The second-order valence-electron chi connectivity index (χ2n) is 7.03. The quantitative estimate of drug-likeness (QED) is 0.437. The van der Waals surface area contributed by atoms with Gasteiger partial charge >= 0.3 is 0 Å². The van der Waals surface area contributed by atoms with E-state index in [1.165, 1.54) is 12.1 Å². The monoisotopic (exact) mass is 439 g/mol. The van der Waals surface area contributed by atoms with Gasteiger partial charge in [0.1, 0.15) is 17.4 Å². The number of benzene rings is 2. The summed E-state index contributed by atoms with van der Waals surface area (Å²) < 4.78 is 20.6. The average molecular weight is 440 g/mol. The van der Waals surface area contributed by atoms with Gasteiger partial charge in [-0.3, -0.25) is 0 Å². The number of halogens is 2. The Bertz CT molecular complexity index is 1150. The van der Waals surface area contributed by atoms with Gasteiger partial charge in [-0.25, -0.2) is 9.37 Å². The molecule has 2 heterocycles. The van der Waals surface area contributed by atoms with E-state index in [1.54, 1.807) is 25.6 Å². The molecule has 0 aliphatic carbocycles. The van der Waals surface area contributed by atoms with Crippen LogP contribution in [0.5, 0.6) is 5.75 Å². The van der Waals surface area contributed by atoms with E-state index in [2.05, 4.69) is 20.5 Å². The lowest BCUT2D eigenvalue weighted by atomic mass is 10.1. The minimum absolute atomic E-state index is 0. The zero-order valence-corrected chi connectivity index (χ0v) is 18.2. The molecule has 0 aliphatic heterocycles. The van der Waals surface area contributed by atoms with Gasteiger partial charge in [0.05, 0.1) is 36.6 Å². The van der Waals surface area contributed by atoms with Crippen LogP contribution >= 0.6 is 12.4 Å². The molecule has 0 spiro atoms. The molecule has 1 N–H and O–H groups in total. The molecule has 8 heteroatoms. The van der Waals surface area contributed by atoms with E-state index in [1.807, 2.05) is 54.9 Å². The number of nitrogens with one attached hydrogen (secondary N) is 1. The molecule has 0 unspecified atom stereocenters. The molecule has 2 aromatic heterocycles. The van der Waals surface area contributed by atoms with Crippen molar-refractivity contribution in [1.29, 1.82) is 0 Å². The van der Waals surface area contributed by atoms with Crippen molar-refractivity contribution in [2.75, 3.05) is 12.4 Å². The van der Waals surface area contributed by atoms with Crippen molar-refractivity contribution < 1.29 is 9.13 Å². The summed E-state index contributed by atoms with van der Waals surface area (Å²) in [6.45, 7) is 3.93. The van der Waals surface area contributed by atoms with E-state index in [9.17, 15) is 4.39 Å². The first kappa shape index (κ1) is 22.2. The highest BCUT2D eigenvalue weighted by molar-refractivity contribution is 5.85. The third-order valence-electron chi connectivity index (χ3n) is 4.86. The first-order valence-corrected chi connectivity index (χ1v) is 9.58. The molecule has 0 fully saturated rings. The maximum absolute atomic E-state index is 13.1. The predicted octanol–water partition coefficient (Wildman–Crippen LogP) is 5.38. The molecule has 0 saturated carbocycles. The van der Waals surface area contributed by atoms with E-state index in [-0.39, 0.29) is 24.3 Å². The molecule has 1 atom stereocenters. The Morgan fingerprint density at radius 1 is 1.03 bits per heavy atom. The van der Waals surface area contributed by atoms with Crippen LogP contribution in [0.2, 0.25) is 0 Å². The number of imidazole rings is 1. The van der Waals surface area contributed by atoms with E-state index < -0.39 is 0 Å². The van der Waals surface area contributed by atoms with Gasteiger partial charge in [0.2, 0.25) is 0 Å². The minimum Gasteiger partial charge on any atom is -0.495 e. The molecular weight excluding hydrogens is 417 g/mol. The molecular formula is C23H23ClFN5O. The summed E-state index contributed by atoms with van der Waals surface area (Å²) in [7, 11) is 1.64. The van der Waals surface area contributed by atoms with Crippen LogP contribution in [0.3, 0.4) is 0 Å². The molecule has 160 valence electrons. The molecule has 0 aliphatic rings. The van der Waals surface area contributed by atoms with Crippen molar-refractivity contribution in [2.45, 2.75) is 19.9 Å². The van der Waals surface area contributed by atoms with Gasteiger partial charge in [0.25, 0.3) is 0 Å². The Kier molecular flexibility index (Phi) is 6.87. The molecule has 0 saturated heterocycles. The average Bonchev–Trinajstić information content (AvgIpc) is 3.20. The second-order valence-corrected chi connectivity index (χ2v) is 7.03. The van der Waals surface area contributed by atoms with Crippen molar-refractivity contribution in [2.24, 2.45) is 0 Å². The number of aryl methyl sites for hydroxylation is 1. The SMILES string of the molecule is COc1cc(-c2ccc(N[C@@H](C)c3ccc(F)cc3)nn2)ccc1-n1cnc(C)c1.Cl. The summed E-state index contributed by atoms with van der Waals surface area (Å²) in [4.78, 5) is 4.27. The fraction of sp³-hybridized carbons (Fsp3) is 0.174. The molecule has 0 amide bonds. The number of aromatic nitrogens is 4. The maximum atomic E-state index is 13.1. The standard InChI is InChI=1S/C23H22FN5O.ClH/c1-15-13-29(14-25-15)21-10-6-18(12-22(21)30-3)20-9-11-23(28-27-20)26-16(2)17-4-7-19(24)8-5-17;/h4-14,16H,1-3H3,(H,26,28);1H/t16-;/m0./s1. The van der Waals surface area contributed by atoms with Crippen molar-refractivity contribution in [3.05, 3.63) is 84.2 Å². The zero-order valence-electron chi connectivity index (χ0n) is 17.4. The predicted molar refractivity (Wildman–Crippen MR) is 122 cm³/mol. The lowest BCUT2D eigenvalue weighted by molar-refractivity contribution is 0.413. The number of hydrogen-bond acceptors (Lipinski definition) is 5. The summed E-state index contributed by atoms with van der Waals surface area (Å²) >= 11 is 0. The van der Waals surface area contributed by atoms with Crippen LogP contribution < -0.4 is 10.1 Å². The second kappa shape index (κ2) is 9.57. The minimum atomic E-state index is -0.250. The van der Waals surface area contributed by atoms with E-state index >= 15 is 0 Å². The van der Waals surface area contributed by atoms with Crippen LogP contribution in [0, 0.1) is 12.7 Å². The fourth-order valence-electron chi connectivity index (χ4n) is 3.22. The first-order chi connectivity index (χ1) is 14.5. The lowest BCUT2D eigenvalue weighted by Gasteiger charge is -2.15. The van der Waals surface area contributed by atoms with Gasteiger partial charge in [-0.1, -0.05) is 18.2 Å². The van der Waals surface area contributed by atoms with Crippen molar-refractivity contribution in [3.8, 4) is 22.7 Å². The Labute approximate surface area is 186 Å². The molecule has 4 aromatic rings. The van der Waals surface area contributed by atoms with Gasteiger partial charge in [-0.2, -0.15) is 0 Å². The van der Waals surface area contributed by atoms with Gasteiger partial charge in [-0.15, -0.1) is 22.6 Å². The Morgan fingerprint density at radius 3 is 2.42 bits per heavy atom. The van der Waals surface area contributed by atoms with Gasteiger partial charge in [0, 0.05) is 11.8 Å². The van der Waals surface area contributed by atoms with Crippen molar-refractivity contribution >= 4 is 18.2 Å². The molecule has 2 aromatic carbocycles. The van der Waals surface area contributed by atoms with E-state index in [0.29, 0.717) is 5.82 Å². The van der Waals surface area contributed by atoms with Gasteiger partial charge in [-0.05, 0) is 55.8 Å². The molecule has 6 nitrogen and oxygen atoms in total. The summed E-state index contributed by atoms with van der Waals surface area (Å²) in [6.07, 6.45) is 3.70. The number of rotatable bonds is 6. The Morgan fingerprint density at radius 2 is 1.81 bits per heavy atom. The number of methoxy groups -OCH3 is 1. The number of nitrogens with zero attached hydrogens (tertiary/aromatic N) is 4. The molecule has 31 heavy (non-hydrogen) atoms. The highest BCUT2D eigenvalue weighted by Gasteiger charge is 2.11.